The topological polar surface area (TPSA) is 50.4 Å². The van der Waals surface area contributed by atoms with Gasteiger partial charge >= 0.3 is 6.09 Å². The first-order valence-electron chi connectivity index (χ1n) is 7.84. The zero-order valence-electron chi connectivity index (χ0n) is 14.0. The molecule has 1 amide bonds. The van der Waals surface area contributed by atoms with Gasteiger partial charge in [0.2, 0.25) is 0 Å². The predicted octanol–water partition coefficient (Wildman–Crippen LogP) is 4.70. The Morgan fingerprint density at radius 2 is 1.91 bits per heavy atom. The lowest BCUT2D eigenvalue weighted by Gasteiger charge is -2.38. The van der Waals surface area contributed by atoms with Crippen molar-refractivity contribution in [1.29, 1.82) is 0 Å². The highest BCUT2D eigenvalue weighted by atomic mass is 35.5. The number of amides is 1. The van der Waals surface area contributed by atoms with Crippen molar-refractivity contribution in [3.63, 3.8) is 0 Å². The molecule has 0 saturated heterocycles. The van der Waals surface area contributed by atoms with Crippen molar-refractivity contribution in [3.05, 3.63) is 33.8 Å². The van der Waals surface area contributed by atoms with Gasteiger partial charge in [0.25, 0.3) is 0 Å². The standard InChI is InChI=1S/C17H24Cl2N2O2/c1-10(14-6-5-11(18)7-15(14)19)20-12-8-13(9-12)21-16(22)23-17(2,3)4/h5-7,10,12-13,20H,8-9H2,1-4H3,(H,21,22). The molecule has 6 heteroatoms. The molecule has 1 aliphatic carbocycles. The molecule has 1 aliphatic rings. The maximum atomic E-state index is 11.7. The van der Waals surface area contributed by atoms with Crippen LogP contribution in [0.1, 0.15) is 52.1 Å². The molecular formula is C17H24Cl2N2O2. The molecule has 2 rings (SSSR count). The number of nitrogens with one attached hydrogen (secondary N) is 2. The van der Waals surface area contributed by atoms with Gasteiger partial charge in [-0.15, -0.1) is 0 Å². The zero-order chi connectivity index (χ0) is 17.2. The molecule has 0 spiro atoms. The van der Waals surface area contributed by atoms with Crippen LogP contribution < -0.4 is 10.6 Å². The minimum absolute atomic E-state index is 0.132. The van der Waals surface area contributed by atoms with Crippen molar-refractivity contribution in [2.45, 2.75) is 64.3 Å². The second-order valence-corrected chi connectivity index (χ2v) is 7.91. The van der Waals surface area contributed by atoms with Crippen LogP contribution in [0.5, 0.6) is 0 Å². The first-order valence-corrected chi connectivity index (χ1v) is 8.60. The van der Waals surface area contributed by atoms with Crippen LogP contribution in [-0.2, 0) is 4.74 Å². The third-order valence-electron chi connectivity index (χ3n) is 3.77. The summed E-state index contributed by atoms with van der Waals surface area (Å²) in [6.07, 6.45) is 1.42. The molecule has 4 nitrogen and oxygen atoms in total. The second-order valence-electron chi connectivity index (χ2n) is 7.07. The molecule has 0 aromatic heterocycles. The molecule has 128 valence electrons. The van der Waals surface area contributed by atoms with Crippen molar-refractivity contribution in [3.8, 4) is 0 Å². The molecule has 0 heterocycles. The van der Waals surface area contributed by atoms with Crippen molar-refractivity contribution in [1.82, 2.24) is 10.6 Å². The van der Waals surface area contributed by atoms with E-state index in [1.54, 1.807) is 6.07 Å². The Labute approximate surface area is 147 Å². The lowest BCUT2D eigenvalue weighted by molar-refractivity contribution is 0.0463. The molecule has 1 aromatic carbocycles. The first kappa shape index (κ1) is 18.4. The number of halogens is 2. The summed E-state index contributed by atoms with van der Waals surface area (Å²) in [5.41, 5.74) is 0.560. The third-order valence-corrected chi connectivity index (χ3v) is 4.34. The molecule has 1 atom stereocenters. The predicted molar refractivity (Wildman–Crippen MR) is 94.2 cm³/mol. The summed E-state index contributed by atoms with van der Waals surface area (Å²) < 4.78 is 5.26. The number of ether oxygens (including phenoxy) is 1. The van der Waals surface area contributed by atoms with E-state index >= 15 is 0 Å². The van der Waals surface area contributed by atoms with Gasteiger partial charge in [0.15, 0.2) is 0 Å². The summed E-state index contributed by atoms with van der Waals surface area (Å²) >= 11 is 12.2. The van der Waals surface area contributed by atoms with Crippen LogP contribution in [0.15, 0.2) is 18.2 Å². The Hall–Kier alpha value is -0.970. The van der Waals surface area contributed by atoms with Gasteiger partial charge in [-0.3, -0.25) is 0 Å². The zero-order valence-corrected chi connectivity index (χ0v) is 15.5. The average Bonchev–Trinajstić information content (AvgIpc) is 2.33. The molecule has 0 aliphatic heterocycles. The highest BCUT2D eigenvalue weighted by Crippen LogP contribution is 2.29. The fraction of sp³-hybridized carbons (Fsp3) is 0.588. The molecule has 23 heavy (non-hydrogen) atoms. The molecule has 1 saturated carbocycles. The van der Waals surface area contributed by atoms with Crippen LogP contribution >= 0.6 is 23.2 Å². The van der Waals surface area contributed by atoms with Crippen LogP contribution in [0.3, 0.4) is 0 Å². The van der Waals surface area contributed by atoms with Crippen LogP contribution in [0.25, 0.3) is 0 Å². The van der Waals surface area contributed by atoms with Crippen molar-refractivity contribution in [2.24, 2.45) is 0 Å². The summed E-state index contributed by atoms with van der Waals surface area (Å²) in [7, 11) is 0. The van der Waals surface area contributed by atoms with Crippen LogP contribution in [0.2, 0.25) is 10.0 Å². The largest absolute Gasteiger partial charge is 0.444 e. The highest BCUT2D eigenvalue weighted by Gasteiger charge is 2.32. The van der Waals surface area contributed by atoms with Crippen LogP contribution in [-0.4, -0.2) is 23.8 Å². The average molecular weight is 359 g/mol. The van der Waals surface area contributed by atoms with Crippen molar-refractivity contribution >= 4 is 29.3 Å². The van der Waals surface area contributed by atoms with E-state index in [9.17, 15) is 4.79 Å². The molecule has 0 radical (unpaired) electrons. The summed E-state index contributed by atoms with van der Waals surface area (Å²) in [5.74, 6) is 0. The van der Waals surface area contributed by atoms with Gasteiger partial charge in [-0.05, 0) is 58.2 Å². The molecule has 2 N–H and O–H groups in total. The quantitative estimate of drug-likeness (QED) is 0.819. The normalized spacial score (nSPS) is 22.2. The Balaban J connectivity index is 1.76. The maximum absolute atomic E-state index is 11.7. The number of alkyl carbamates (subject to hydrolysis) is 1. The lowest BCUT2D eigenvalue weighted by Crippen LogP contribution is -2.53. The molecular weight excluding hydrogens is 335 g/mol. The van der Waals surface area contributed by atoms with Crippen LogP contribution in [0, 0.1) is 0 Å². The number of carbonyl (C=O) groups is 1. The second kappa shape index (κ2) is 7.29. The Kier molecular flexibility index (Phi) is 5.82. The first-order chi connectivity index (χ1) is 10.6. The van der Waals surface area contributed by atoms with E-state index in [0.29, 0.717) is 16.1 Å². The Morgan fingerprint density at radius 1 is 1.26 bits per heavy atom. The number of rotatable bonds is 4. The van der Waals surface area contributed by atoms with Gasteiger partial charge < -0.3 is 15.4 Å². The van der Waals surface area contributed by atoms with E-state index in [-0.39, 0.29) is 18.2 Å². The Morgan fingerprint density at radius 3 is 2.48 bits per heavy atom. The van der Waals surface area contributed by atoms with Crippen molar-refractivity contribution < 1.29 is 9.53 Å². The summed E-state index contributed by atoms with van der Waals surface area (Å²) in [5, 5.41) is 7.72. The van der Waals surface area contributed by atoms with Crippen LogP contribution in [0.4, 0.5) is 4.79 Å². The van der Waals surface area contributed by atoms with E-state index in [2.05, 4.69) is 17.6 Å². The molecule has 0 bridgehead atoms. The summed E-state index contributed by atoms with van der Waals surface area (Å²) in [6.45, 7) is 7.64. The summed E-state index contributed by atoms with van der Waals surface area (Å²) in [4.78, 5) is 11.7. The highest BCUT2D eigenvalue weighted by molar-refractivity contribution is 6.35. The fourth-order valence-electron chi connectivity index (χ4n) is 2.64. The molecule has 1 unspecified atom stereocenters. The maximum Gasteiger partial charge on any atom is 0.407 e. The molecule has 1 fully saturated rings. The number of benzene rings is 1. The fourth-order valence-corrected chi connectivity index (χ4v) is 3.21. The van der Waals surface area contributed by atoms with Gasteiger partial charge in [-0.25, -0.2) is 4.79 Å². The van der Waals surface area contributed by atoms with Gasteiger partial charge in [0.1, 0.15) is 5.60 Å². The van der Waals surface area contributed by atoms with E-state index in [4.69, 9.17) is 27.9 Å². The van der Waals surface area contributed by atoms with Gasteiger partial charge in [0.05, 0.1) is 0 Å². The van der Waals surface area contributed by atoms with E-state index in [1.807, 2.05) is 32.9 Å². The van der Waals surface area contributed by atoms with Gasteiger partial charge in [-0.2, -0.15) is 0 Å². The van der Waals surface area contributed by atoms with Gasteiger partial charge in [-0.1, -0.05) is 29.3 Å². The third kappa shape index (κ3) is 5.55. The number of carbonyl (C=O) groups excluding carboxylic acids is 1. The van der Waals surface area contributed by atoms with E-state index in [1.165, 1.54) is 0 Å². The van der Waals surface area contributed by atoms with Gasteiger partial charge in [0, 0.05) is 28.2 Å². The monoisotopic (exact) mass is 358 g/mol. The lowest BCUT2D eigenvalue weighted by atomic mass is 9.86. The smallest absolute Gasteiger partial charge is 0.407 e. The summed E-state index contributed by atoms with van der Waals surface area (Å²) in [6, 6.07) is 6.19. The minimum Gasteiger partial charge on any atom is -0.444 e. The van der Waals surface area contributed by atoms with E-state index < -0.39 is 5.60 Å². The number of hydrogen-bond acceptors (Lipinski definition) is 3. The van der Waals surface area contributed by atoms with E-state index in [0.717, 1.165) is 18.4 Å². The Bertz CT molecular complexity index is 566. The number of hydrogen-bond donors (Lipinski definition) is 2. The SMILES string of the molecule is CC(NC1CC(NC(=O)OC(C)(C)C)C1)c1ccc(Cl)cc1Cl. The van der Waals surface area contributed by atoms with Crippen molar-refractivity contribution in [2.75, 3.05) is 0 Å². The minimum atomic E-state index is -0.467. The molecule has 1 aromatic rings.